The molecule has 3 nitrogen and oxygen atoms in total. The third-order valence-corrected chi connectivity index (χ3v) is 6.60. The zero-order valence-corrected chi connectivity index (χ0v) is 15.0. The van der Waals surface area contributed by atoms with Crippen LogP contribution in [0.3, 0.4) is 0 Å². The second kappa shape index (κ2) is 6.49. The Labute approximate surface area is 149 Å². The van der Waals surface area contributed by atoms with Crippen LogP contribution < -0.4 is 5.32 Å². The number of amides is 1. The molecule has 1 N–H and O–H groups in total. The van der Waals surface area contributed by atoms with Gasteiger partial charge in [-0.3, -0.25) is 4.79 Å². The van der Waals surface area contributed by atoms with E-state index in [1.54, 1.807) is 11.3 Å². The van der Waals surface area contributed by atoms with Crippen LogP contribution in [0.15, 0.2) is 41.8 Å². The Morgan fingerprint density at radius 2 is 2.12 bits per heavy atom. The minimum absolute atomic E-state index is 0.00508. The number of thiophene rings is 1. The fraction of sp³-hybridized carbons (Fsp3) is 0.263. The highest BCUT2D eigenvalue weighted by atomic mass is 32.1. The Bertz CT molecular complexity index is 867. The van der Waals surface area contributed by atoms with Crippen LogP contribution in [-0.4, -0.2) is 10.9 Å². The summed E-state index contributed by atoms with van der Waals surface area (Å²) >= 11 is 3.13. The smallest absolute Gasteiger partial charge is 0.263 e. The molecule has 2 aromatic heterocycles. The van der Waals surface area contributed by atoms with E-state index in [1.807, 2.05) is 24.4 Å². The maximum atomic E-state index is 12.8. The summed E-state index contributed by atoms with van der Waals surface area (Å²) in [5, 5.41) is 6.19. The number of carbonyl (C=O) groups is 1. The second-order valence-electron chi connectivity index (χ2n) is 6.03. The molecule has 1 amide bonds. The fourth-order valence-corrected chi connectivity index (χ4v) is 5.01. The maximum absolute atomic E-state index is 12.8. The van der Waals surface area contributed by atoms with Gasteiger partial charge in [0.2, 0.25) is 0 Å². The molecule has 4 rings (SSSR count). The van der Waals surface area contributed by atoms with E-state index < -0.39 is 0 Å². The minimum Gasteiger partial charge on any atom is -0.344 e. The number of benzene rings is 1. The molecule has 0 radical (unpaired) electrons. The lowest BCUT2D eigenvalue weighted by molar-refractivity contribution is 0.0936. The van der Waals surface area contributed by atoms with Crippen molar-refractivity contribution in [2.75, 3.05) is 0 Å². The van der Waals surface area contributed by atoms with Crippen molar-refractivity contribution in [2.24, 2.45) is 0 Å². The highest BCUT2D eigenvalue weighted by Crippen LogP contribution is 2.33. The molecule has 24 heavy (non-hydrogen) atoms. The zero-order valence-electron chi connectivity index (χ0n) is 13.4. The number of carbonyl (C=O) groups excluding carboxylic acids is 1. The molecule has 0 bridgehead atoms. The fourth-order valence-electron chi connectivity index (χ4n) is 3.24. The largest absolute Gasteiger partial charge is 0.344 e. The van der Waals surface area contributed by atoms with Crippen LogP contribution in [0.2, 0.25) is 0 Å². The normalized spacial score (nSPS) is 16.6. The average Bonchev–Trinajstić information content (AvgIpc) is 3.24. The maximum Gasteiger partial charge on any atom is 0.263 e. The lowest BCUT2D eigenvalue weighted by Gasteiger charge is -2.26. The lowest BCUT2D eigenvalue weighted by Crippen LogP contribution is -2.30. The quantitative estimate of drug-likeness (QED) is 0.720. The van der Waals surface area contributed by atoms with Gasteiger partial charge in [0, 0.05) is 0 Å². The molecule has 1 aliphatic carbocycles. The Hall–Kier alpha value is -1.98. The van der Waals surface area contributed by atoms with E-state index in [-0.39, 0.29) is 11.9 Å². The van der Waals surface area contributed by atoms with Gasteiger partial charge in [0.05, 0.1) is 16.6 Å². The summed E-state index contributed by atoms with van der Waals surface area (Å²) in [5.41, 5.74) is 3.43. The molecule has 2 heterocycles. The van der Waals surface area contributed by atoms with Gasteiger partial charge in [-0.15, -0.1) is 22.7 Å². The zero-order chi connectivity index (χ0) is 16.5. The number of nitrogens with one attached hydrogen (secondary N) is 1. The molecule has 1 atom stereocenters. The van der Waals surface area contributed by atoms with Crippen LogP contribution in [0.5, 0.6) is 0 Å². The number of aromatic nitrogens is 1. The molecule has 3 aromatic rings. The average molecular weight is 355 g/mol. The summed E-state index contributed by atoms with van der Waals surface area (Å²) in [6, 6.07) is 12.6. The van der Waals surface area contributed by atoms with Gasteiger partial charge in [-0.1, -0.05) is 30.3 Å². The molecule has 0 unspecified atom stereocenters. The molecule has 0 saturated carbocycles. The number of thiazole rings is 1. The van der Waals surface area contributed by atoms with Crippen LogP contribution in [0.25, 0.3) is 9.88 Å². The molecule has 122 valence electrons. The second-order valence-corrected chi connectivity index (χ2v) is 7.97. The highest BCUT2D eigenvalue weighted by molar-refractivity contribution is 7.22. The van der Waals surface area contributed by atoms with Crippen LogP contribution in [-0.2, 0) is 6.42 Å². The molecule has 0 fully saturated rings. The predicted octanol–water partition coefficient (Wildman–Crippen LogP) is 4.99. The SMILES string of the molecule is Cc1nc(-c2cccs2)sc1C(=O)N[C@@H]1CCCc2ccccc21. The van der Waals surface area contributed by atoms with Gasteiger partial charge in [0.1, 0.15) is 9.88 Å². The Morgan fingerprint density at radius 3 is 2.96 bits per heavy atom. The van der Waals surface area contributed by atoms with Crippen molar-refractivity contribution in [3.05, 3.63) is 63.5 Å². The van der Waals surface area contributed by atoms with Crippen molar-refractivity contribution in [3.63, 3.8) is 0 Å². The molecule has 0 aliphatic heterocycles. The molecule has 5 heteroatoms. The number of nitrogens with zero attached hydrogens (tertiary/aromatic N) is 1. The van der Waals surface area contributed by atoms with E-state index in [1.165, 1.54) is 22.5 Å². The van der Waals surface area contributed by atoms with Crippen molar-refractivity contribution >= 4 is 28.6 Å². The summed E-state index contributed by atoms with van der Waals surface area (Å²) in [6.07, 6.45) is 3.22. The molecule has 0 spiro atoms. The third-order valence-electron chi connectivity index (χ3n) is 4.41. The number of rotatable bonds is 3. The Balaban J connectivity index is 1.57. The number of hydrogen-bond acceptors (Lipinski definition) is 4. The van der Waals surface area contributed by atoms with E-state index in [0.29, 0.717) is 0 Å². The molecular formula is C19H18N2OS2. The van der Waals surface area contributed by atoms with E-state index >= 15 is 0 Å². The van der Waals surface area contributed by atoms with Crippen molar-refractivity contribution in [1.29, 1.82) is 0 Å². The van der Waals surface area contributed by atoms with E-state index in [4.69, 9.17) is 0 Å². The molecular weight excluding hydrogens is 336 g/mol. The van der Waals surface area contributed by atoms with Gasteiger partial charge >= 0.3 is 0 Å². The van der Waals surface area contributed by atoms with Gasteiger partial charge in [0.15, 0.2) is 0 Å². The summed E-state index contributed by atoms with van der Waals surface area (Å²) in [5.74, 6) is -0.00508. The Kier molecular flexibility index (Phi) is 4.21. The molecule has 1 aromatic carbocycles. The van der Waals surface area contributed by atoms with Crippen LogP contribution in [0.1, 0.15) is 45.4 Å². The number of aryl methyl sites for hydroxylation is 2. The van der Waals surface area contributed by atoms with E-state index in [9.17, 15) is 4.79 Å². The first-order valence-corrected chi connectivity index (χ1v) is 9.82. The first kappa shape index (κ1) is 15.5. The van der Waals surface area contributed by atoms with Crippen molar-refractivity contribution in [3.8, 4) is 9.88 Å². The molecule has 1 aliphatic rings. The van der Waals surface area contributed by atoms with Crippen LogP contribution in [0, 0.1) is 6.92 Å². The minimum atomic E-state index is -0.00508. The molecule has 0 saturated heterocycles. The van der Waals surface area contributed by atoms with Crippen molar-refractivity contribution < 1.29 is 4.79 Å². The summed E-state index contributed by atoms with van der Waals surface area (Å²) in [7, 11) is 0. The highest BCUT2D eigenvalue weighted by Gasteiger charge is 2.24. The van der Waals surface area contributed by atoms with Crippen LogP contribution >= 0.6 is 22.7 Å². The van der Waals surface area contributed by atoms with Gasteiger partial charge in [-0.05, 0) is 48.8 Å². The first-order valence-electron chi connectivity index (χ1n) is 8.12. The topological polar surface area (TPSA) is 42.0 Å². The third kappa shape index (κ3) is 2.89. The van der Waals surface area contributed by atoms with Crippen LogP contribution in [0.4, 0.5) is 0 Å². The number of fused-ring (bicyclic) bond motifs is 1. The summed E-state index contributed by atoms with van der Waals surface area (Å²) in [6.45, 7) is 1.91. The van der Waals surface area contributed by atoms with E-state index in [2.05, 4.69) is 34.6 Å². The lowest BCUT2D eigenvalue weighted by atomic mass is 9.88. The van der Waals surface area contributed by atoms with Gasteiger partial charge in [-0.25, -0.2) is 4.98 Å². The van der Waals surface area contributed by atoms with Gasteiger partial charge in [0.25, 0.3) is 5.91 Å². The van der Waals surface area contributed by atoms with Gasteiger partial charge in [-0.2, -0.15) is 0 Å². The number of hydrogen-bond donors (Lipinski definition) is 1. The van der Waals surface area contributed by atoms with Crippen molar-refractivity contribution in [2.45, 2.75) is 32.2 Å². The van der Waals surface area contributed by atoms with Crippen molar-refractivity contribution in [1.82, 2.24) is 10.3 Å². The standard InChI is InChI=1S/C19H18N2OS2/c1-12-17(24-19(20-12)16-10-5-11-23-16)18(22)21-15-9-4-7-13-6-2-3-8-14(13)15/h2-3,5-6,8,10-11,15H,4,7,9H2,1H3,(H,21,22)/t15-/m1/s1. The Morgan fingerprint density at radius 1 is 1.25 bits per heavy atom. The van der Waals surface area contributed by atoms with Gasteiger partial charge < -0.3 is 5.32 Å². The first-order chi connectivity index (χ1) is 11.7. The van der Waals surface area contributed by atoms with E-state index in [0.717, 1.165) is 39.7 Å². The summed E-state index contributed by atoms with van der Waals surface area (Å²) in [4.78, 5) is 19.2. The predicted molar refractivity (Wildman–Crippen MR) is 99.8 cm³/mol. The monoisotopic (exact) mass is 354 g/mol. The summed E-state index contributed by atoms with van der Waals surface area (Å²) < 4.78 is 0.